The highest BCUT2D eigenvalue weighted by molar-refractivity contribution is 5.30. The van der Waals surface area contributed by atoms with Crippen LogP contribution in [0.25, 0.3) is 0 Å². The van der Waals surface area contributed by atoms with E-state index in [2.05, 4.69) is 0 Å². The van der Waals surface area contributed by atoms with Gasteiger partial charge in [0, 0.05) is 6.42 Å². The predicted molar refractivity (Wildman–Crippen MR) is 53.5 cm³/mol. The summed E-state index contributed by atoms with van der Waals surface area (Å²) in [5.74, 6) is 0.286. The Kier molecular flexibility index (Phi) is 2.28. The number of hydrogen-bond donors (Lipinski definition) is 2. The number of hydrogen-bond acceptors (Lipinski definition) is 2. The first kappa shape index (κ1) is 10.3. The Morgan fingerprint density at radius 2 is 1.92 bits per heavy atom. The van der Waals surface area contributed by atoms with Crippen molar-refractivity contribution in [2.24, 2.45) is 5.41 Å². The van der Waals surface area contributed by atoms with Crippen molar-refractivity contribution >= 4 is 0 Å². The van der Waals surface area contributed by atoms with Crippen molar-refractivity contribution in [2.75, 3.05) is 0 Å². The summed E-state index contributed by atoms with van der Waals surface area (Å²) in [5, 5.41) is 19.6. The quantitative estimate of drug-likeness (QED) is 0.604. The molecule has 0 aromatic heterocycles. The fourth-order valence-electron chi connectivity index (χ4n) is 1.43. The molecule has 0 saturated heterocycles. The normalized spacial score (nSPS) is 29.6. The molecule has 0 aromatic carbocycles. The molecule has 2 heteroatoms. The van der Waals surface area contributed by atoms with Crippen molar-refractivity contribution in [1.29, 1.82) is 0 Å². The maximum absolute atomic E-state index is 10.3. The minimum atomic E-state index is -0.830. The SMILES string of the molecule is CC1=C(O)C=CC(O)(C(C)(C)C)C1. The van der Waals surface area contributed by atoms with E-state index in [4.69, 9.17) is 0 Å². The third-order valence-electron chi connectivity index (χ3n) is 2.79. The Bertz CT molecular complexity index is 268. The van der Waals surface area contributed by atoms with E-state index >= 15 is 0 Å². The molecule has 0 bridgehead atoms. The first-order chi connectivity index (χ1) is 5.76. The molecule has 1 rings (SSSR count). The molecular formula is C11H18O2. The van der Waals surface area contributed by atoms with Crippen LogP contribution in [0.5, 0.6) is 0 Å². The fourth-order valence-corrected chi connectivity index (χ4v) is 1.43. The first-order valence-corrected chi connectivity index (χ1v) is 4.57. The van der Waals surface area contributed by atoms with Crippen LogP contribution in [0.4, 0.5) is 0 Å². The molecule has 0 spiro atoms. The average molecular weight is 182 g/mol. The van der Waals surface area contributed by atoms with Crippen LogP contribution in [-0.4, -0.2) is 15.8 Å². The van der Waals surface area contributed by atoms with E-state index in [-0.39, 0.29) is 11.2 Å². The molecule has 13 heavy (non-hydrogen) atoms. The average Bonchev–Trinajstić information content (AvgIpc) is 1.95. The molecule has 0 amide bonds. The summed E-state index contributed by atoms with van der Waals surface area (Å²) >= 11 is 0. The lowest BCUT2D eigenvalue weighted by Gasteiger charge is -2.40. The second-order valence-corrected chi connectivity index (χ2v) is 4.85. The van der Waals surface area contributed by atoms with Crippen LogP contribution in [-0.2, 0) is 0 Å². The van der Waals surface area contributed by atoms with E-state index < -0.39 is 5.60 Å². The van der Waals surface area contributed by atoms with Crippen LogP contribution >= 0.6 is 0 Å². The van der Waals surface area contributed by atoms with Gasteiger partial charge in [-0.25, -0.2) is 0 Å². The van der Waals surface area contributed by atoms with Gasteiger partial charge in [-0.3, -0.25) is 0 Å². The second kappa shape index (κ2) is 2.88. The standard InChI is InChI=1S/C11H18O2/c1-8-7-11(13,10(2,3)4)6-5-9(8)12/h5-6,12-13H,7H2,1-4H3. The van der Waals surface area contributed by atoms with Crippen LogP contribution in [0, 0.1) is 5.41 Å². The summed E-state index contributed by atoms with van der Waals surface area (Å²) in [4.78, 5) is 0. The summed E-state index contributed by atoms with van der Waals surface area (Å²) in [7, 11) is 0. The highest BCUT2D eigenvalue weighted by atomic mass is 16.3. The van der Waals surface area contributed by atoms with Gasteiger partial charge in [0.05, 0.1) is 5.60 Å². The summed E-state index contributed by atoms with van der Waals surface area (Å²) in [5.41, 5.74) is -0.186. The van der Waals surface area contributed by atoms with Gasteiger partial charge in [0.2, 0.25) is 0 Å². The van der Waals surface area contributed by atoms with Crippen molar-refractivity contribution in [2.45, 2.75) is 39.7 Å². The Hall–Kier alpha value is -0.760. The molecule has 1 atom stereocenters. The van der Waals surface area contributed by atoms with Gasteiger partial charge < -0.3 is 10.2 Å². The zero-order valence-electron chi connectivity index (χ0n) is 8.76. The molecule has 1 unspecified atom stereocenters. The fraction of sp³-hybridized carbons (Fsp3) is 0.636. The lowest BCUT2D eigenvalue weighted by Crippen LogP contribution is -2.42. The Morgan fingerprint density at radius 3 is 2.31 bits per heavy atom. The third kappa shape index (κ3) is 1.78. The molecule has 74 valence electrons. The second-order valence-electron chi connectivity index (χ2n) is 4.85. The number of aliphatic hydroxyl groups is 2. The lowest BCUT2D eigenvalue weighted by atomic mass is 9.71. The summed E-state index contributed by atoms with van der Waals surface area (Å²) in [6.07, 6.45) is 3.79. The molecule has 0 aromatic rings. The highest BCUT2D eigenvalue weighted by Gasteiger charge is 2.39. The van der Waals surface area contributed by atoms with Crippen molar-refractivity contribution < 1.29 is 10.2 Å². The monoisotopic (exact) mass is 182 g/mol. The molecule has 0 fully saturated rings. The predicted octanol–water partition coefficient (Wildman–Crippen LogP) is 2.56. The van der Waals surface area contributed by atoms with Gasteiger partial charge in [-0.2, -0.15) is 0 Å². The van der Waals surface area contributed by atoms with Crippen LogP contribution in [0.3, 0.4) is 0 Å². The molecule has 1 aliphatic rings. The molecule has 0 radical (unpaired) electrons. The van der Waals surface area contributed by atoms with Gasteiger partial charge >= 0.3 is 0 Å². The first-order valence-electron chi connectivity index (χ1n) is 4.57. The Labute approximate surface area is 79.6 Å². The molecule has 1 aliphatic carbocycles. The van der Waals surface area contributed by atoms with Gasteiger partial charge in [-0.1, -0.05) is 20.8 Å². The van der Waals surface area contributed by atoms with Crippen molar-refractivity contribution in [1.82, 2.24) is 0 Å². The van der Waals surface area contributed by atoms with E-state index in [0.717, 1.165) is 5.57 Å². The number of aliphatic hydroxyl groups excluding tert-OH is 1. The Balaban J connectivity index is 2.97. The third-order valence-corrected chi connectivity index (χ3v) is 2.79. The van der Waals surface area contributed by atoms with Gasteiger partial charge in [0.1, 0.15) is 5.76 Å². The van der Waals surface area contributed by atoms with Crippen molar-refractivity contribution in [3.05, 3.63) is 23.5 Å². The van der Waals surface area contributed by atoms with Gasteiger partial charge in [-0.15, -0.1) is 0 Å². The van der Waals surface area contributed by atoms with Crippen LogP contribution in [0.1, 0.15) is 34.1 Å². The van der Waals surface area contributed by atoms with Gasteiger partial charge in [0.25, 0.3) is 0 Å². The van der Waals surface area contributed by atoms with Crippen molar-refractivity contribution in [3.63, 3.8) is 0 Å². The molecule has 2 N–H and O–H groups in total. The van der Waals surface area contributed by atoms with Gasteiger partial charge in [-0.05, 0) is 30.1 Å². The molecule has 0 heterocycles. The van der Waals surface area contributed by atoms with Crippen LogP contribution < -0.4 is 0 Å². The largest absolute Gasteiger partial charge is 0.508 e. The molecule has 2 nitrogen and oxygen atoms in total. The summed E-state index contributed by atoms with van der Waals surface area (Å²) in [6, 6.07) is 0. The van der Waals surface area contributed by atoms with E-state index in [9.17, 15) is 10.2 Å². The molecule has 0 saturated carbocycles. The highest BCUT2D eigenvalue weighted by Crippen LogP contribution is 2.39. The van der Waals surface area contributed by atoms with E-state index in [1.807, 2.05) is 27.7 Å². The zero-order valence-corrected chi connectivity index (χ0v) is 8.76. The molecule has 0 aliphatic heterocycles. The Morgan fingerprint density at radius 1 is 1.38 bits per heavy atom. The van der Waals surface area contributed by atoms with Gasteiger partial charge in [0.15, 0.2) is 0 Å². The minimum Gasteiger partial charge on any atom is -0.508 e. The van der Waals surface area contributed by atoms with Crippen LogP contribution in [0.15, 0.2) is 23.5 Å². The number of rotatable bonds is 0. The maximum Gasteiger partial charge on any atom is 0.114 e. The van der Waals surface area contributed by atoms with E-state index in [0.29, 0.717) is 6.42 Å². The maximum atomic E-state index is 10.3. The zero-order chi connectivity index (χ0) is 10.3. The summed E-state index contributed by atoms with van der Waals surface area (Å²) < 4.78 is 0. The van der Waals surface area contributed by atoms with E-state index in [1.165, 1.54) is 0 Å². The lowest BCUT2D eigenvalue weighted by molar-refractivity contribution is -0.0156. The van der Waals surface area contributed by atoms with Crippen molar-refractivity contribution in [3.8, 4) is 0 Å². The minimum absolute atomic E-state index is 0.203. The molecular weight excluding hydrogens is 164 g/mol. The summed E-state index contributed by atoms with van der Waals surface area (Å²) in [6.45, 7) is 7.82. The topological polar surface area (TPSA) is 40.5 Å². The van der Waals surface area contributed by atoms with Crippen LogP contribution in [0.2, 0.25) is 0 Å². The van der Waals surface area contributed by atoms with E-state index in [1.54, 1.807) is 12.2 Å². The smallest absolute Gasteiger partial charge is 0.114 e. The number of allylic oxidation sites excluding steroid dienone is 1.